The highest BCUT2D eigenvalue weighted by molar-refractivity contribution is 5.95. The Bertz CT molecular complexity index is 1220. The van der Waals surface area contributed by atoms with E-state index in [1.165, 1.54) is 4.90 Å². The molecule has 0 spiro atoms. The van der Waals surface area contributed by atoms with Crippen molar-refractivity contribution >= 4 is 11.6 Å². The maximum atomic E-state index is 14.9. The Kier molecular flexibility index (Phi) is 7.20. The van der Waals surface area contributed by atoms with Crippen LogP contribution in [0.2, 0.25) is 0 Å². The SMILES string of the molecule is C#CCC1(n2cc(C3CNNC3C)c(CO)n2)CN(c2cc(F)c(C(=O)N[C@@H](C)C(F)(F)F)cc2F)C1. The maximum absolute atomic E-state index is 14.9. The first-order valence-electron chi connectivity index (χ1n) is 11.6. The number of anilines is 1. The number of carbonyl (C=O) groups excluding carboxylic acids is 1. The monoisotopic (exact) mass is 526 g/mol. The van der Waals surface area contributed by atoms with Crippen LogP contribution in [0.4, 0.5) is 27.6 Å². The second-order valence-corrected chi connectivity index (χ2v) is 9.54. The summed E-state index contributed by atoms with van der Waals surface area (Å²) in [6, 6.07) is -0.769. The van der Waals surface area contributed by atoms with Gasteiger partial charge in [0.1, 0.15) is 23.2 Å². The van der Waals surface area contributed by atoms with E-state index >= 15 is 0 Å². The molecule has 2 saturated heterocycles. The summed E-state index contributed by atoms with van der Waals surface area (Å²) < 4.78 is 69.5. The van der Waals surface area contributed by atoms with Crippen molar-refractivity contribution in [3.05, 3.63) is 46.8 Å². The third kappa shape index (κ3) is 5.01. The van der Waals surface area contributed by atoms with Crippen LogP contribution in [0.5, 0.6) is 0 Å². The van der Waals surface area contributed by atoms with Crippen LogP contribution in [0.3, 0.4) is 0 Å². The largest absolute Gasteiger partial charge is 0.408 e. The summed E-state index contributed by atoms with van der Waals surface area (Å²) in [6.07, 6.45) is 2.93. The smallest absolute Gasteiger partial charge is 0.390 e. The molecule has 1 amide bonds. The van der Waals surface area contributed by atoms with Crippen LogP contribution in [-0.2, 0) is 12.1 Å². The number of halogens is 5. The number of aromatic nitrogens is 2. The fourth-order valence-corrected chi connectivity index (χ4v) is 4.76. The Morgan fingerprint density at radius 3 is 2.62 bits per heavy atom. The average molecular weight is 527 g/mol. The lowest BCUT2D eigenvalue weighted by Crippen LogP contribution is -2.63. The van der Waals surface area contributed by atoms with E-state index in [4.69, 9.17) is 6.42 Å². The van der Waals surface area contributed by atoms with Gasteiger partial charge in [-0.2, -0.15) is 18.3 Å². The number of amides is 1. The van der Waals surface area contributed by atoms with Crippen LogP contribution < -0.4 is 21.1 Å². The molecule has 2 aliphatic rings. The molecule has 0 bridgehead atoms. The molecular formula is C24H27F5N6O2. The lowest BCUT2D eigenvalue weighted by atomic mass is 9.85. The Labute approximate surface area is 210 Å². The van der Waals surface area contributed by atoms with E-state index in [-0.39, 0.29) is 43.8 Å². The molecule has 0 aliphatic carbocycles. The van der Waals surface area contributed by atoms with Gasteiger partial charge in [-0.3, -0.25) is 20.3 Å². The van der Waals surface area contributed by atoms with Crippen LogP contribution in [0.15, 0.2) is 18.3 Å². The van der Waals surface area contributed by atoms with Gasteiger partial charge < -0.3 is 15.3 Å². The molecule has 4 N–H and O–H groups in total. The summed E-state index contributed by atoms with van der Waals surface area (Å²) in [5.41, 5.74) is 5.81. The molecule has 2 unspecified atom stereocenters. The van der Waals surface area contributed by atoms with Gasteiger partial charge in [0.2, 0.25) is 0 Å². The minimum Gasteiger partial charge on any atom is -0.390 e. The van der Waals surface area contributed by atoms with E-state index in [1.54, 1.807) is 10.00 Å². The Morgan fingerprint density at radius 1 is 1.35 bits per heavy atom. The minimum atomic E-state index is -4.73. The summed E-state index contributed by atoms with van der Waals surface area (Å²) in [5.74, 6) is -0.836. The molecule has 4 rings (SSSR count). The summed E-state index contributed by atoms with van der Waals surface area (Å²) in [5, 5.41) is 16.1. The highest BCUT2D eigenvalue weighted by Gasteiger charge is 2.47. The van der Waals surface area contributed by atoms with Crippen molar-refractivity contribution in [3.8, 4) is 12.3 Å². The van der Waals surface area contributed by atoms with E-state index in [2.05, 4.69) is 21.9 Å². The quantitative estimate of drug-likeness (QED) is 0.327. The standard InChI is InChI=1S/C24H27F5N6O2/c1-4-5-23(35-9-17(20(10-36)33-35)16-8-30-32-13(16)2)11-34(12-23)21-7-18(25)15(6-19(21)26)22(37)31-14(3)24(27,28)29/h1,6-7,9,13-14,16,30,32,36H,5,8,10-12H2,2-3H3,(H,31,37)/t13?,14-,16?/m0/s1. The summed E-state index contributed by atoms with van der Waals surface area (Å²) in [6.45, 7) is 3.38. The molecule has 2 aromatic rings. The molecular weight excluding hydrogens is 499 g/mol. The van der Waals surface area contributed by atoms with Crippen molar-refractivity contribution in [2.45, 2.75) is 56.6 Å². The first kappa shape index (κ1) is 26.8. The fourth-order valence-electron chi connectivity index (χ4n) is 4.76. The van der Waals surface area contributed by atoms with E-state index in [1.807, 2.05) is 13.1 Å². The molecule has 2 aliphatic heterocycles. The Morgan fingerprint density at radius 2 is 2.05 bits per heavy atom. The van der Waals surface area contributed by atoms with Crippen LogP contribution in [-0.4, -0.2) is 58.7 Å². The number of hydrogen-bond donors (Lipinski definition) is 4. The molecule has 37 heavy (non-hydrogen) atoms. The number of aliphatic hydroxyl groups is 1. The van der Waals surface area contributed by atoms with Gasteiger partial charge in [-0.15, -0.1) is 12.3 Å². The van der Waals surface area contributed by atoms with Crippen LogP contribution in [0, 0.1) is 24.0 Å². The Hall–Kier alpha value is -3.21. The molecule has 3 heterocycles. The van der Waals surface area contributed by atoms with Crippen molar-refractivity contribution in [1.82, 2.24) is 25.9 Å². The summed E-state index contributed by atoms with van der Waals surface area (Å²) in [4.78, 5) is 13.6. The van der Waals surface area contributed by atoms with Gasteiger partial charge in [0.15, 0.2) is 0 Å². The van der Waals surface area contributed by atoms with Crippen molar-refractivity contribution < 1.29 is 31.9 Å². The van der Waals surface area contributed by atoms with Gasteiger partial charge in [-0.1, -0.05) is 0 Å². The lowest BCUT2D eigenvalue weighted by molar-refractivity contribution is -0.149. The van der Waals surface area contributed by atoms with Crippen LogP contribution >= 0.6 is 0 Å². The number of terminal acetylenes is 1. The number of nitrogens with zero attached hydrogens (tertiary/aromatic N) is 3. The number of hydrogen-bond acceptors (Lipinski definition) is 6. The van der Waals surface area contributed by atoms with Gasteiger partial charge >= 0.3 is 6.18 Å². The number of benzene rings is 1. The number of carbonyl (C=O) groups is 1. The molecule has 8 nitrogen and oxygen atoms in total. The summed E-state index contributed by atoms with van der Waals surface area (Å²) in [7, 11) is 0. The number of alkyl halides is 3. The molecule has 3 atom stereocenters. The molecule has 200 valence electrons. The average Bonchev–Trinajstić information content (AvgIpc) is 3.42. The second-order valence-electron chi connectivity index (χ2n) is 9.54. The van der Waals surface area contributed by atoms with Crippen LogP contribution in [0.25, 0.3) is 0 Å². The fraction of sp³-hybridized carbons (Fsp3) is 0.500. The van der Waals surface area contributed by atoms with Gasteiger partial charge in [-0.05, 0) is 19.9 Å². The highest BCUT2D eigenvalue weighted by atomic mass is 19.4. The van der Waals surface area contributed by atoms with Gasteiger partial charge in [0.25, 0.3) is 5.91 Å². The Balaban J connectivity index is 1.56. The summed E-state index contributed by atoms with van der Waals surface area (Å²) >= 11 is 0. The van der Waals surface area contributed by atoms with E-state index in [0.29, 0.717) is 25.2 Å². The van der Waals surface area contributed by atoms with Gasteiger partial charge in [0, 0.05) is 55.8 Å². The first-order chi connectivity index (χ1) is 17.4. The highest BCUT2D eigenvalue weighted by Crippen LogP contribution is 2.39. The third-order valence-electron chi connectivity index (χ3n) is 6.98. The molecule has 1 aromatic carbocycles. The van der Waals surface area contributed by atoms with Crippen molar-refractivity contribution in [1.29, 1.82) is 0 Å². The van der Waals surface area contributed by atoms with Crippen LogP contribution in [0.1, 0.15) is 47.8 Å². The van der Waals surface area contributed by atoms with E-state index in [0.717, 1.165) is 11.6 Å². The molecule has 0 saturated carbocycles. The number of hydrazine groups is 1. The zero-order valence-electron chi connectivity index (χ0n) is 20.2. The topological polar surface area (TPSA) is 94.4 Å². The van der Waals surface area contributed by atoms with E-state index in [9.17, 15) is 31.9 Å². The van der Waals surface area contributed by atoms with Crippen molar-refractivity contribution in [2.75, 3.05) is 24.5 Å². The number of aliphatic hydroxyl groups excluding tert-OH is 1. The number of rotatable bonds is 7. The van der Waals surface area contributed by atoms with Gasteiger partial charge in [0.05, 0.1) is 23.6 Å². The molecule has 0 radical (unpaired) electrons. The number of nitrogens with one attached hydrogen (secondary N) is 3. The van der Waals surface area contributed by atoms with Crippen molar-refractivity contribution in [3.63, 3.8) is 0 Å². The molecule has 13 heteroatoms. The second kappa shape index (κ2) is 9.92. The molecule has 1 aromatic heterocycles. The van der Waals surface area contributed by atoms with Crippen molar-refractivity contribution in [2.24, 2.45) is 0 Å². The van der Waals surface area contributed by atoms with E-state index < -0.39 is 40.9 Å². The normalized spacial score (nSPS) is 21.9. The van der Waals surface area contributed by atoms with Gasteiger partial charge in [-0.25, -0.2) is 8.78 Å². The lowest BCUT2D eigenvalue weighted by Gasteiger charge is -2.50. The zero-order valence-corrected chi connectivity index (χ0v) is 20.2. The predicted octanol–water partition coefficient (Wildman–Crippen LogP) is 2.15. The first-order valence-corrected chi connectivity index (χ1v) is 11.6. The predicted molar refractivity (Wildman–Crippen MR) is 124 cm³/mol. The molecule has 2 fully saturated rings. The minimum absolute atomic E-state index is 0.0558. The zero-order chi connectivity index (χ0) is 27.1. The maximum Gasteiger partial charge on any atom is 0.408 e. The third-order valence-corrected chi connectivity index (χ3v) is 6.98.